The van der Waals surface area contributed by atoms with Crippen LogP contribution in [0.3, 0.4) is 0 Å². The number of aliphatic hydroxyl groups is 1. The molecule has 2 N–H and O–H groups in total. The molecule has 0 aliphatic carbocycles. The number of carbonyl (C=O) groups excluding carboxylic acids is 1. The van der Waals surface area contributed by atoms with Crippen LogP contribution in [0.25, 0.3) is 10.9 Å². The monoisotopic (exact) mass is 260 g/mol. The molecule has 0 saturated carbocycles. The second-order valence-corrected chi connectivity index (χ2v) is 4.83. The highest BCUT2D eigenvalue weighted by Crippen LogP contribution is 2.21. The standard InChI is InChI=1S/C15H20N2O2/c1-3-11(2)16-15(19)9-17-8-12(10-18)13-6-4-5-7-14(13)17/h4-8,11,18H,3,9-10H2,1-2H3,(H,16,19). The molecular formula is C15H20N2O2. The smallest absolute Gasteiger partial charge is 0.240 e. The van der Waals surface area contributed by atoms with E-state index < -0.39 is 0 Å². The molecule has 1 aromatic heterocycles. The first-order chi connectivity index (χ1) is 9.15. The summed E-state index contributed by atoms with van der Waals surface area (Å²) in [4.78, 5) is 11.9. The van der Waals surface area contributed by atoms with Gasteiger partial charge < -0.3 is 15.0 Å². The molecule has 1 heterocycles. The maximum atomic E-state index is 11.9. The Morgan fingerprint density at radius 3 is 2.84 bits per heavy atom. The van der Waals surface area contributed by atoms with Gasteiger partial charge in [0.1, 0.15) is 6.54 Å². The number of hydrogen-bond donors (Lipinski definition) is 2. The minimum absolute atomic E-state index is 0.000377. The van der Waals surface area contributed by atoms with Gasteiger partial charge in [0.25, 0.3) is 0 Å². The summed E-state index contributed by atoms with van der Waals surface area (Å²) >= 11 is 0. The van der Waals surface area contributed by atoms with Crippen LogP contribution >= 0.6 is 0 Å². The van der Waals surface area contributed by atoms with E-state index in [0.29, 0.717) is 0 Å². The topological polar surface area (TPSA) is 54.3 Å². The van der Waals surface area contributed by atoms with Gasteiger partial charge in [-0.2, -0.15) is 0 Å². The Morgan fingerprint density at radius 1 is 1.42 bits per heavy atom. The van der Waals surface area contributed by atoms with Crippen LogP contribution in [0.1, 0.15) is 25.8 Å². The molecule has 1 unspecified atom stereocenters. The molecule has 4 nitrogen and oxygen atoms in total. The largest absolute Gasteiger partial charge is 0.392 e. The molecule has 2 rings (SSSR count). The predicted molar refractivity (Wildman–Crippen MR) is 75.8 cm³/mol. The number of para-hydroxylation sites is 1. The van der Waals surface area contributed by atoms with Gasteiger partial charge in [-0.05, 0) is 19.4 Å². The van der Waals surface area contributed by atoms with Crippen LogP contribution in [0.2, 0.25) is 0 Å². The summed E-state index contributed by atoms with van der Waals surface area (Å²) in [5.74, 6) is -0.000377. The average molecular weight is 260 g/mol. The number of fused-ring (bicyclic) bond motifs is 1. The van der Waals surface area contributed by atoms with E-state index in [1.807, 2.05) is 48.9 Å². The minimum atomic E-state index is -0.0134. The number of amides is 1. The van der Waals surface area contributed by atoms with Crippen molar-refractivity contribution in [2.75, 3.05) is 0 Å². The number of carbonyl (C=O) groups is 1. The van der Waals surface area contributed by atoms with Gasteiger partial charge in [0.15, 0.2) is 0 Å². The zero-order chi connectivity index (χ0) is 13.8. The zero-order valence-electron chi connectivity index (χ0n) is 11.4. The summed E-state index contributed by atoms with van der Waals surface area (Å²) in [7, 11) is 0. The molecule has 4 heteroatoms. The van der Waals surface area contributed by atoms with Crippen molar-refractivity contribution in [1.82, 2.24) is 9.88 Å². The van der Waals surface area contributed by atoms with Crippen molar-refractivity contribution in [3.05, 3.63) is 36.0 Å². The number of aromatic nitrogens is 1. The van der Waals surface area contributed by atoms with E-state index in [0.717, 1.165) is 22.9 Å². The molecule has 0 saturated heterocycles. The first-order valence-corrected chi connectivity index (χ1v) is 6.62. The lowest BCUT2D eigenvalue weighted by Crippen LogP contribution is -2.34. The summed E-state index contributed by atoms with van der Waals surface area (Å²) in [5.41, 5.74) is 1.83. The third kappa shape index (κ3) is 2.96. The van der Waals surface area contributed by atoms with Crippen LogP contribution in [0.4, 0.5) is 0 Å². The van der Waals surface area contributed by atoms with Gasteiger partial charge in [0.2, 0.25) is 5.91 Å². The molecule has 0 aliphatic rings. The Hall–Kier alpha value is -1.81. The summed E-state index contributed by atoms with van der Waals surface area (Å²) in [6.45, 7) is 4.30. The van der Waals surface area contributed by atoms with Gasteiger partial charge in [0, 0.05) is 28.7 Å². The van der Waals surface area contributed by atoms with Gasteiger partial charge in [0.05, 0.1) is 6.61 Å². The molecule has 2 aromatic rings. The number of hydrogen-bond acceptors (Lipinski definition) is 2. The van der Waals surface area contributed by atoms with E-state index in [1.54, 1.807) is 0 Å². The van der Waals surface area contributed by atoms with Crippen molar-refractivity contribution < 1.29 is 9.90 Å². The van der Waals surface area contributed by atoms with Gasteiger partial charge >= 0.3 is 0 Å². The molecule has 19 heavy (non-hydrogen) atoms. The van der Waals surface area contributed by atoms with Crippen LogP contribution in [-0.2, 0) is 17.9 Å². The first-order valence-electron chi connectivity index (χ1n) is 6.62. The van der Waals surface area contributed by atoms with E-state index in [9.17, 15) is 9.90 Å². The summed E-state index contributed by atoms with van der Waals surface area (Å²) in [6, 6.07) is 7.98. The molecule has 1 atom stereocenters. The van der Waals surface area contributed by atoms with Gasteiger partial charge in [-0.15, -0.1) is 0 Å². The van der Waals surface area contributed by atoms with E-state index in [1.165, 1.54) is 0 Å². The van der Waals surface area contributed by atoms with Crippen LogP contribution in [0, 0.1) is 0 Å². The van der Waals surface area contributed by atoms with Crippen molar-refractivity contribution in [1.29, 1.82) is 0 Å². The Balaban J connectivity index is 2.23. The van der Waals surface area contributed by atoms with Gasteiger partial charge in [-0.3, -0.25) is 4.79 Å². The molecule has 1 amide bonds. The highest BCUT2D eigenvalue weighted by Gasteiger charge is 2.11. The number of rotatable bonds is 5. The fourth-order valence-electron chi connectivity index (χ4n) is 2.16. The zero-order valence-corrected chi connectivity index (χ0v) is 11.4. The summed E-state index contributed by atoms with van der Waals surface area (Å²) < 4.78 is 1.89. The molecule has 0 bridgehead atoms. The SMILES string of the molecule is CCC(C)NC(=O)Cn1cc(CO)c2ccccc21. The van der Waals surface area contributed by atoms with E-state index in [2.05, 4.69) is 5.32 Å². The molecule has 0 radical (unpaired) electrons. The quantitative estimate of drug-likeness (QED) is 0.864. The Kier molecular flexibility index (Phi) is 4.22. The predicted octanol–water partition coefficient (Wildman–Crippen LogP) is 2.05. The van der Waals surface area contributed by atoms with E-state index in [-0.39, 0.29) is 25.1 Å². The van der Waals surface area contributed by atoms with Crippen LogP contribution < -0.4 is 5.32 Å². The third-order valence-electron chi connectivity index (χ3n) is 3.38. The highest BCUT2D eigenvalue weighted by atomic mass is 16.3. The molecule has 102 valence electrons. The lowest BCUT2D eigenvalue weighted by molar-refractivity contribution is -0.122. The minimum Gasteiger partial charge on any atom is -0.392 e. The second kappa shape index (κ2) is 5.89. The number of benzene rings is 1. The molecule has 0 spiro atoms. The Labute approximate surface area is 113 Å². The number of aliphatic hydroxyl groups excluding tert-OH is 1. The number of nitrogens with one attached hydrogen (secondary N) is 1. The van der Waals surface area contributed by atoms with Crippen molar-refractivity contribution in [2.24, 2.45) is 0 Å². The lowest BCUT2D eigenvalue weighted by atomic mass is 10.2. The van der Waals surface area contributed by atoms with Gasteiger partial charge in [-0.1, -0.05) is 25.1 Å². The van der Waals surface area contributed by atoms with E-state index >= 15 is 0 Å². The van der Waals surface area contributed by atoms with Crippen molar-refractivity contribution >= 4 is 16.8 Å². The lowest BCUT2D eigenvalue weighted by Gasteiger charge is -2.12. The van der Waals surface area contributed by atoms with Crippen LogP contribution in [-0.4, -0.2) is 21.6 Å². The maximum absolute atomic E-state index is 11.9. The summed E-state index contributed by atoms with van der Waals surface area (Å²) in [6.07, 6.45) is 2.76. The Bertz CT molecular complexity index is 575. The maximum Gasteiger partial charge on any atom is 0.240 e. The fraction of sp³-hybridized carbons (Fsp3) is 0.400. The van der Waals surface area contributed by atoms with Gasteiger partial charge in [-0.25, -0.2) is 0 Å². The van der Waals surface area contributed by atoms with Crippen LogP contribution in [0.5, 0.6) is 0 Å². The normalized spacial score (nSPS) is 12.6. The fourth-order valence-corrected chi connectivity index (χ4v) is 2.16. The molecular weight excluding hydrogens is 240 g/mol. The summed E-state index contributed by atoms with van der Waals surface area (Å²) in [5, 5.41) is 13.3. The number of nitrogens with zero attached hydrogens (tertiary/aromatic N) is 1. The van der Waals surface area contributed by atoms with E-state index in [4.69, 9.17) is 0 Å². The van der Waals surface area contributed by atoms with Crippen molar-refractivity contribution in [3.63, 3.8) is 0 Å². The van der Waals surface area contributed by atoms with Crippen molar-refractivity contribution in [3.8, 4) is 0 Å². The highest BCUT2D eigenvalue weighted by molar-refractivity contribution is 5.86. The average Bonchev–Trinajstić information content (AvgIpc) is 2.77. The third-order valence-corrected chi connectivity index (χ3v) is 3.38. The first kappa shape index (κ1) is 13.6. The van der Waals surface area contributed by atoms with Crippen LogP contribution in [0.15, 0.2) is 30.5 Å². The van der Waals surface area contributed by atoms with Crippen molar-refractivity contribution in [2.45, 2.75) is 39.5 Å². The molecule has 1 aromatic carbocycles. The molecule has 0 aliphatic heterocycles. The Morgan fingerprint density at radius 2 is 2.16 bits per heavy atom. The second-order valence-electron chi connectivity index (χ2n) is 4.83. The molecule has 0 fully saturated rings.